The van der Waals surface area contributed by atoms with E-state index in [1.807, 2.05) is 13.1 Å². The van der Waals surface area contributed by atoms with Crippen LogP contribution in [0, 0.1) is 0 Å². The summed E-state index contributed by atoms with van der Waals surface area (Å²) in [6.45, 7) is 0.976. The number of rotatable bonds is 2. The predicted octanol–water partition coefficient (Wildman–Crippen LogP) is 0.291. The standard InChI is InChI=1S/C13H16N4O2/c1-17-5-4-8-6-9(7-14-12(8)17)15-10-2-3-11(18)16-13(10)19/h6-7,10,15H,2-5H2,1H3,(H,16,18,19). The maximum atomic E-state index is 11.7. The molecule has 0 spiro atoms. The van der Waals surface area contributed by atoms with Gasteiger partial charge in [-0.1, -0.05) is 0 Å². The van der Waals surface area contributed by atoms with Gasteiger partial charge in [-0.3, -0.25) is 14.9 Å². The third-order valence-corrected chi connectivity index (χ3v) is 3.60. The number of carbonyl (C=O) groups excluding carboxylic acids is 2. The van der Waals surface area contributed by atoms with Gasteiger partial charge in [0.05, 0.1) is 11.9 Å². The molecule has 19 heavy (non-hydrogen) atoms. The van der Waals surface area contributed by atoms with E-state index in [1.54, 1.807) is 6.20 Å². The van der Waals surface area contributed by atoms with Crippen LogP contribution in [-0.2, 0) is 16.0 Å². The molecular formula is C13H16N4O2. The highest BCUT2D eigenvalue weighted by Gasteiger charge is 2.27. The number of amides is 2. The number of anilines is 2. The quantitative estimate of drug-likeness (QED) is 0.748. The molecule has 0 saturated carbocycles. The van der Waals surface area contributed by atoms with E-state index in [2.05, 4.69) is 20.5 Å². The second-order valence-electron chi connectivity index (χ2n) is 5.03. The van der Waals surface area contributed by atoms with Gasteiger partial charge in [-0.05, 0) is 24.5 Å². The number of nitrogens with zero attached hydrogens (tertiary/aromatic N) is 2. The number of imide groups is 1. The topological polar surface area (TPSA) is 74.3 Å². The van der Waals surface area contributed by atoms with Crippen LogP contribution in [0.2, 0.25) is 0 Å². The van der Waals surface area contributed by atoms with Crippen LogP contribution < -0.4 is 15.5 Å². The number of piperidine rings is 1. The molecule has 0 aliphatic carbocycles. The molecule has 1 atom stereocenters. The zero-order valence-electron chi connectivity index (χ0n) is 10.8. The van der Waals surface area contributed by atoms with Crippen LogP contribution in [0.25, 0.3) is 0 Å². The molecule has 2 aliphatic rings. The molecule has 1 unspecified atom stereocenters. The molecule has 1 aromatic rings. The summed E-state index contributed by atoms with van der Waals surface area (Å²) >= 11 is 0. The number of likely N-dealkylation sites (N-methyl/N-ethyl adjacent to an activating group) is 1. The van der Waals surface area contributed by atoms with Crippen molar-refractivity contribution in [1.82, 2.24) is 10.3 Å². The van der Waals surface area contributed by atoms with Crippen molar-refractivity contribution in [1.29, 1.82) is 0 Å². The van der Waals surface area contributed by atoms with Crippen molar-refractivity contribution in [2.45, 2.75) is 25.3 Å². The molecular weight excluding hydrogens is 244 g/mol. The minimum absolute atomic E-state index is 0.197. The zero-order chi connectivity index (χ0) is 13.4. The summed E-state index contributed by atoms with van der Waals surface area (Å²) in [6, 6.07) is 1.69. The number of pyridine rings is 1. The monoisotopic (exact) mass is 260 g/mol. The van der Waals surface area contributed by atoms with Crippen LogP contribution in [-0.4, -0.2) is 36.4 Å². The lowest BCUT2D eigenvalue weighted by Gasteiger charge is -2.23. The van der Waals surface area contributed by atoms with Gasteiger partial charge in [0, 0.05) is 20.0 Å². The second-order valence-corrected chi connectivity index (χ2v) is 5.03. The highest BCUT2D eigenvalue weighted by Crippen LogP contribution is 2.26. The Morgan fingerprint density at radius 2 is 2.26 bits per heavy atom. The number of fused-ring (bicyclic) bond motifs is 1. The number of carbonyl (C=O) groups is 2. The number of nitrogens with one attached hydrogen (secondary N) is 2. The molecule has 0 radical (unpaired) electrons. The Labute approximate surface area is 111 Å². The highest BCUT2D eigenvalue weighted by molar-refractivity contribution is 6.01. The molecule has 0 aromatic carbocycles. The van der Waals surface area contributed by atoms with Gasteiger partial charge >= 0.3 is 0 Å². The van der Waals surface area contributed by atoms with E-state index in [1.165, 1.54) is 5.56 Å². The molecule has 6 heteroatoms. The summed E-state index contributed by atoms with van der Waals surface area (Å²) in [5.41, 5.74) is 2.03. The first-order valence-electron chi connectivity index (χ1n) is 6.44. The molecule has 100 valence electrons. The number of hydrogen-bond donors (Lipinski definition) is 2. The molecule has 2 N–H and O–H groups in total. The van der Waals surface area contributed by atoms with E-state index in [0.717, 1.165) is 24.5 Å². The van der Waals surface area contributed by atoms with Gasteiger partial charge in [-0.25, -0.2) is 4.98 Å². The molecule has 2 amide bonds. The summed E-state index contributed by atoms with van der Waals surface area (Å²) in [5.74, 6) is 0.555. The van der Waals surface area contributed by atoms with Gasteiger partial charge in [0.1, 0.15) is 11.9 Å². The van der Waals surface area contributed by atoms with Gasteiger partial charge in [-0.2, -0.15) is 0 Å². The van der Waals surface area contributed by atoms with Crippen LogP contribution >= 0.6 is 0 Å². The van der Waals surface area contributed by atoms with Crippen LogP contribution in [0.1, 0.15) is 18.4 Å². The summed E-state index contributed by atoms with van der Waals surface area (Å²) in [6.07, 6.45) is 3.63. The van der Waals surface area contributed by atoms with E-state index in [-0.39, 0.29) is 17.9 Å². The summed E-state index contributed by atoms with van der Waals surface area (Å²) in [7, 11) is 2.02. The summed E-state index contributed by atoms with van der Waals surface area (Å²) in [4.78, 5) is 29.3. The van der Waals surface area contributed by atoms with E-state index in [0.29, 0.717) is 12.8 Å². The maximum absolute atomic E-state index is 11.7. The van der Waals surface area contributed by atoms with Gasteiger partial charge in [0.15, 0.2) is 0 Å². The molecule has 3 heterocycles. The Morgan fingerprint density at radius 1 is 1.42 bits per heavy atom. The van der Waals surface area contributed by atoms with E-state index in [9.17, 15) is 9.59 Å². The van der Waals surface area contributed by atoms with Gasteiger partial charge in [-0.15, -0.1) is 0 Å². The van der Waals surface area contributed by atoms with Crippen LogP contribution in [0.4, 0.5) is 11.5 Å². The molecule has 1 fully saturated rings. The highest BCUT2D eigenvalue weighted by atomic mass is 16.2. The normalized spacial score (nSPS) is 22.2. The van der Waals surface area contributed by atoms with Crippen LogP contribution in [0.5, 0.6) is 0 Å². The minimum atomic E-state index is -0.350. The van der Waals surface area contributed by atoms with Crippen molar-refractivity contribution in [3.63, 3.8) is 0 Å². The first-order chi connectivity index (χ1) is 9.13. The fourth-order valence-corrected chi connectivity index (χ4v) is 2.54. The van der Waals surface area contributed by atoms with Crippen molar-refractivity contribution in [3.05, 3.63) is 17.8 Å². The van der Waals surface area contributed by atoms with Gasteiger partial charge < -0.3 is 10.2 Å². The Balaban J connectivity index is 1.74. The Bertz CT molecular complexity index is 543. The lowest BCUT2D eigenvalue weighted by Crippen LogP contribution is -2.47. The van der Waals surface area contributed by atoms with Gasteiger partial charge in [0.2, 0.25) is 11.8 Å². The van der Waals surface area contributed by atoms with E-state index < -0.39 is 0 Å². The van der Waals surface area contributed by atoms with Crippen molar-refractivity contribution in [2.24, 2.45) is 0 Å². The average molecular weight is 260 g/mol. The largest absolute Gasteiger partial charge is 0.372 e. The third-order valence-electron chi connectivity index (χ3n) is 3.60. The van der Waals surface area contributed by atoms with Crippen molar-refractivity contribution in [3.8, 4) is 0 Å². The van der Waals surface area contributed by atoms with Crippen molar-refractivity contribution >= 4 is 23.3 Å². The molecule has 3 rings (SSSR count). The van der Waals surface area contributed by atoms with E-state index in [4.69, 9.17) is 0 Å². The Kier molecular flexibility index (Phi) is 2.85. The first-order valence-corrected chi connectivity index (χ1v) is 6.44. The fourth-order valence-electron chi connectivity index (χ4n) is 2.54. The molecule has 2 aliphatic heterocycles. The Morgan fingerprint density at radius 3 is 3.05 bits per heavy atom. The fraction of sp³-hybridized carbons (Fsp3) is 0.462. The molecule has 1 saturated heterocycles. The van der Waals surface area contributed by atoms with Crippen molar-refractivity contribution < 1.29 is 9.59 Å². The molecule has 1 aromatic heterocycles. The SMILES string of the molecule is CN1CCc2cc(NC3CCC(=O)NC3=O)cnc21. The second kappa shape index (κ2) is 4.53. The minimum Gasteiger partial charge on any atom is -0.372 e. The number of hydrogen-bond acceptors (Lipinski definition) is 5. The van der Waals surface area contributed by atoms with Gasteiger partial charge in [0.25, 0.3) is 0 Å². The van der Waals surface area contributed by atoms with E-state index >= 15 is 0 Å². The summed E-state index contributed by atoms with van der Waals surface area (Å²) < 4.78 is 0. The summed E-state index contributed by atoms with van der Waals surface area (Å²) in [5, 5.41) is 5.49. The average Bonchev–Trinajstić information content (AvgIpc) is 2.74. The maximum Gasteiger partial charge on any atom is 0.249 e. The Hall–Kier alpha value is -2.11. The van der Waals surface area contributed by atoms with Crippen molar-refractivity contribution in [2.75, 3.05) is 23.8 Å². The number of aromatic nitrogens is 1. The third kappa shape index (κ3) is 2.25. The smallest absolute Gasteiger partial charge is 0.249 e. The predicted molar refractivity (Wildman–Crippen MR) is 71.0 cm³/mol. The lowest BCUT2D eigenvalue weighted by molar-refractivity contribution is -0.133. The van der Waals surface area contributed by atoms with Crippen LogP contribution in [0.3, 0.4) is 0 Å². The first kappa shape index (κ1) is 12.0. The molecule has 6 nitrogen and oxygen atoms in total. The van der Waals surface area contributed by atoms with Crippen LogP contribution in [0.15, 0.2) is 12.3 Å². The lowest BCUT2D eigenvalue weighted by atomic mass is 10.1. The zero-order valence-corrected chi connectivity index (χ0v) is 10.8. The molecule has 0 bridgehead atoms.